The van der Waals surface area contributed by atoms with Crippen LogP contribution in [0, 0.1) is 27.7 Å². The van der Waals surface area contributed by atoms with E-state index >= 15 is 0 Å². The van der Waals surface area contributed by atoms with Crippen LogP contribution >= 0.6 is 0 Å². The lowest BCUT2D eigenvalue weighted by atomic mass is 10.1. The lowest BCUT2D eigenvalue weighted by molar-refractivity contribution is -0.143. The Labute approximate surface area is 380 Å². The summed E-state index contributed by atoms with van der Waals surface area (Å²) in [5.41, 5.74) is -0.820. The van der Waals surface area contributed by atoms with Gasteiger partial charge in [0.05, 0.1) is 34.9 Å². The molecule has 0 fully saturated rings. The van der Waals surface area contributed by atoms with Gasteiger partial charge in [0.15, 0.2) is 22.8 Å². The molecule has 16 nitrogen and oxygen atoms in total. The van der Waals surface area contributed by atoms with Crippen LogP contribution in [0.5, 0.6) is 0 Å². The van der Waals surface area contributed by atoms with E-state index in [9.17, 15) is 45.5 Å². The molecule has 68 heavy (non-hydrogen) atoms. The Balaban J connectivity index is 0.000000201. The first-order chi connectivity index (χ1) is 32.3. The average Bonchev–Trinajstić information content (AvgIpc) is 4.13. The first-order valence-electron chi connectivity index (χ1n) is 20.0. The number of hydrogen-bond donors (Lipinski definition) is 4. The molecular weight excluding hydrogens is 903 g/mol. The molecule has 4 aromatic carbocycles. The zero-order valence-electron chi connectivity index (χ0n) is 35.9. The molecule has 0 aliphatic heterocycles. The number of para-hydroxylation sites is 2. The van der Waals surface area contributed by atoms with E-state index in [1.807, 2.05) is 0 Å². The number of carbonyl (C=O) groups is 4. The van der Waals surface area contributed by atoms with Gasteiger partial charge in [-0.2, -0.15) is 36.5 Å². The molecule has 4 heterocycles. The minimum absolute atomic E-state index is 0.0643. The molecule has 0 unspecified atom stereocenters. The monoisotopic (exact) mass is 938 g/mol. The molecule has 4 amide bonds. The Morgan fingerprint density at radius 2 is 0.853 bits per heavy atom. The highest BCUT2D eigenvalue weighted by molar-refractivity contribution is 6.08. The zero-order valence-corrected chi connectivity index (χ0v) is 35.9. The second-order valence-electron chi connectivity index (χ2n) is 14.8. The van der Waals surface area contributed by atoms with Crippen molar-refractivity contribution < 1.29 is 54.6 Å². The number of carbonyl (C=O) groups excluding carboxylic acids is 4. The van der Waals surface area contributed by atoms with Crippen LogP contribution in [0.25, 0.3) is 11.4 Å². The topological polar surface area (TPSA) is 204 Å². The van der Waals surface area contributed by atoms with Crippen LogP contribution in [-0.2, 0) is 12.4 Å². The van der Waals surface area contributed by atoms with Gasteiger partial charge >= 0.3 is 12.4 Å². The number of nitrogens with one attached hydrogen (secondary N) is 4. The summed E-state index contributed by atoms with van der Waals surface area (Å²) in [4.78, 5) is 50.3. The fourth-order valence-corrected chi connectivity index (χ4v) is 6.49. The summed E-state index contributed by atoms with van der Waals surface area (Å²) in [7, 11) is 0. The van der Waals surface area contributed by atoms with Gasteiger partial charge in [0.1, 0.15) is 11.5 Å². The Bertz CT molecular complexity index is 2930. The summed E-state index contributed by atoms with van der Waals surface area (Å²) in [5, 5.41) is 25.0. The zero-order chi connectivity index (χ0) is 48.9. The molecule has 4 N–H and O–H groups in total. The molecule has 0 saturated carbocycles. The average molecular weight is 939 g/mol. The molecule has 0 atom stereocenters. The van der Waals surface area contributed by atoms with Crippen molar-refractivity contribution in [3.8, 4) is 11.4 Å². The van der Waals surface area contributed by atoms with Crippen molar-refractivity contribution in [2.45, 2.75) is 40.0 Å². The number of alkyl halides is 6. The largest absolute Gasteiger partial charge is 0.434 e. The van der Waals surface area contributed by atoms with E-state index in [-0.39, 0.29) is 34.1 Å². The third-order valence-electron chi connectivity index (χ3n) is 9.77. The molecule has 4 aromatic heterocycles. The number of aromatic nitrogens is 6. The number of anilines is 4. The first kappa shape index (κ1) is 47.2. The Morgan fingerprint density at radius 3 is 1.18 bits per heavy atom. The van der Waals surface area contributed by atoms with Crippen molar-refractivity contribution in [1.29, 1.82) is 0 Å². The van der Waals surface area contributed by atoms with Crippen molar-refractivity contribution in [3.63, 3.8) is 0 Å². The SMILES string of the molecule is Cc1cc(C(=O)Nc2cc(NC(=O)c3cnn(-c4ccccc4)c3C(F)(F)F)ccc2C)no1.Cc1cc(C(=O)Nc2cc(NC(=O)c3cnn(-c4ccccc4)c3C(F)(F)F)ccc2C)no1. The van der Waals surface area contributed by atoms with Gasteiger partial charge in [0.2, 0.25) is 0 Å². The Kier molecular flexibility index (Phi) is 13.4. The number of hydrogen-bond acceptors (Lipinski definition) is 10. The molecule has 0 radical (unpaired) electrons. The quantitative estimate of drug-likeness (QED) is 0.0956. The summed E-state index contributed by atoms with van der Waals surface area (Å²) in [6.07, 6.45) is -7.92. The van der Waals surface area contributed by atoms with Crippen molar-refractivity contribution in [2.24, 2.45) is 0 Å². The van der Waals surface area contributed by atoms with Crippen LogP contribution in [-0.4, -0.2) is 53.5 Å². The molecule has 22 heteroatoms. The second kappa shape index (κ2) is 19.3. The van der Waals surface area contributed by atoms with Crippen LogP contribution in [0.2, 0.25) is 0 Å². The fraction of sp³-hybridized carbons (Fsp3) is 0.130. The maximum absolute atomic E-state index is 13.8. The number of rotatable bonds is 10. The molecule has 348 valence electrons. The van der Waals surface area contributed by atoms with Gasteiger partial charge < -0.3 is 30.3 Å². The second-order valence-corrected chi connectivity index (χ2v) is 14.8. The number of halogens is 6. The Morgan fingerprint density at radius 1 is 0.485 bits per heavy atom. The highest BCUT2D eigenvalue weighted by Crippen LogP contribution is 2.36. The van der Waals surface area contributed by atoms with E-state index in [1.165, 1.54) is 60.7 Å². The summed E-state index contributed by atoms with van der Waals surface area (Å²) in [5.74, 6) is -2.15. The van der Waals surface area contributed by atoms with Gasteiger partial charge in [-0.15, -0.1) is 0 Å². The number of nitrogens with zero attached hydrogens (tertiary/aromatic N) is 6. The van der Waals surface area contributed by atoms with Crippen molar-refractivity contribution in [2.75, 3.05) is 21.3 Å². The molecule has 0 saturated heterocycles. The normalized spacial score (nSPS) is 11.3. The first-order valence-corrected chi connectivity index (χ1v) is 20.0. The fourth-order valence-electron chi connectivity index (χ4n) is 6.49. The van der Waals surface area contributed by atoms with E-state index in [0.717, 1.165) is 12.4 Å². The van der Waals surface area contributed by atoms with Crippen LogP contribution < -0.4 is 21.3 Å². The molecule has 0 aliphatic rings. The molecule has 8 aromatic rings. The lowest BCUT2D eigenvalue weighted by Gasteiger charge is -2.14. The van der Waals surface area contributed by atoms with Crippen LogP contribution in [0.3, 0.4) is 0 Å². The predicted molar refractivity (Wildman–Crippen MR) is 234 cm³/mol. The van der Waals surface area contributed by atoms with Crippen molar-refractivity contribution in [3.05, 3.63) is 178 Å². The third-order valence-corrected chi connectivity index (χ3v) is 9.77. The standard InChI is InChI=1S/2C23H18F3N5O3/c2*1-13-8-9-15(11-18(13)29-22(33)19-10-14(2)34-30-19)28-21(32)17-12-27-31(20(17)23(24,25)26)16-6-4-3-5-7-16/h2*3-12H,1-2H3,(H,28,32)(H,29,33). The van der Waals surface area contributed by atoms with Gasteiger partial charge in [-0.05, 0) is 87.4 Å². The van der Waals surface area contributed by atoms with E-state index < -0.39 is 58.5 Å². The lowest BCUT2D eigenvalue weighted by Crippen LogP contribution is -2.21. The van der Waals surface area contributed by atoms with Crippen LogP contribution in [0.1, 0.15) is 75.7 Å². The number of benzene rings is 4. The van der Waals surface area contributed by atoms with Gasteiger partial charge in [-0.25, -0.2) is 9.36 Å². The minimum atomic E-state index is -4.83. The molecular formula is C46H36F6N10O6. The number of aryl methyl sites for hydroxylation is 4. The van der Waals surface area contributed by atoms with Crippen molar-refractivity contribution >= 4 is 46.4 Å². The van der Waals surface area contributed by atoms with Gasteiger partial charge in [-0.1, -0.05) is 58.8 Å². The molecule has 0 spiro atoms. The van der Waals surface area contributed by atoms with E-state index in [1.54, 1.807) is 76.2 Å². The van der Waals surface area contributed by atoms with Crippen molar-refractivity contribution in [1.82, 2.24) is 29.9 Å². The molecule has 0 aliphatic carbocycles. The van der Waals surface area contributed by atoms with E-state index in [2.05, 4.69) is 41.8 Å². The van der Waals surface area contributed by atoms with E-state index in [4.69, 9.17) is 9.05 Å². The Hall–Kier alpha value is -8.82. The maximum Gasteiger partial charge on any atom is 0.434 e. The summed E-state index contributed by atoms with van der Waals surface area (Å²) in [6, 6.07) is 27.4. The molecule has 8 rings (SSSR count). The highest BCUT2D eigenvalue weighted by Gasteiger charge is 2.42. The summed E-state index contributed by atoms with van der Waals surface area (Å²) >= 11 is 0. The van der Waals surface area contributed by atoms with Gasteiger partial charge in [-0.3, -0.25) is 19.2 Å². The van der Waals surface area contributed by atoms with E-state index in [0.29, 0.717) is 43.4 Å². The predicted octanol–water partition coefficient (Wildman–Crippen LogP) is 10.0. The highest BCUT2D eigenvalue weighted by atomic mass is 19.4. The van der Waals surface area contributed by atoms with Gasteiger partial charge in [0, 0.05) is 34.9 Å². The van der Waals surface area contributed by atoms with Crippen LogP contribution in [0.15, 0.2) is 131 Å². The van der Waals surface area contributed by atoms with Gasteiger partial charge in [0.25, 0.3) is 23.6 Å². The smallest absolute Gasteiger partial charge is 0.361 e. The molecule has 0 bridgehead atoms. The third kappa shape index (κ3) is 10.8. The minimum Gasteiger partial charge on any atom is -0.361 e. The summed E-state index contributed by atoms with van der Waals surface area (Å²) < 4.78 is 94.2. The summed E-state index contributed by atoms with van der Waals surface area (Å²) in [6.45, 7) is 6.72. The number of amides is 4. The maximum atomic E-state index is 13.8. The van der Waals surface area contributed by atoms with Crippen LogP contribution in [0.4, 0.5) is 49.1 Å².